The second-order valence-electron chi connectivity index (χ2n) is 5.52. The maximum atomic E-state index is 11.9. The first-order valence-corrected chi connectivity index (χ1v) is 7.73. The number of hydrogen-bond donors (Lipinski definition) is 2. The van der Waals surface area contributed by atoms with Gasteiger partial charge in [-0.1, -0.05) is 36.4 Å². The highest BCUT2D eigenvalue weighted by Crippen LogP contribution is 2.16. The Balaban J connectivity index is 1.77. The largest absolute Gasteiger partial charge is 0.497 e. The first-order valence-electron chi connectivity index (χ1n) is 7.73. The van der Waals surface area contributed by atoms with E-state index in [2.05, 4.69) is 5.32 Å². The number of hydrogen-bond acceptors (Lipinski definition) is 3. The molecule has 0 aliphatic carbocycles. The summed E-state index contributed by atoms with van der Waals surface area (Å²) in [6.45, 7) is 2.18. The van der Waals surface area contributed by atoms with Crippen LogP contribution >= 0.6 is 0 Å². The first-order chi connectivity index (χ1) is 11.1. The van der Waals surface area contributed by atoms with Crippen LogP contribution in [0.5, 0.6) is 5.75 Å². The molecule has 0 saturated carbocycles. The van der Waals surface area contributed by atoms with Gasteiger partial charge in [-0.2, -0.15) is 0 Å². The van der Waals surface area contributed by atoms with Crippen LogP contribution in [0.15, 0.2) is 48.5 Å². The molecule has 0 aliphatic heterocycles. The SMILES string of the molecule is COc1ccc(CCC(=O)NCC(O)c2ccccc2C)cc1. The van der Waals surface area contributed by atoms with Crippen molar-refractivity contribution in [3.8, 4) is 5.75 Å². The summed E-state index contributed by atoms with van der Waals surface area (Å²) >= 11 is 0. The van der Waals surface area contributed by atoms with Crippen molar-refractivity contribution in [1.29, 1.82) is 0 Å². The van der Waals surface area contributed by atoms with E-state index >= 15 is 0 Å². The second kappa shape index (κ2) is 8.34. The van der Waals surface area contributed by atoms with Crippen LogP contribution < -0.4 is 10.1 Å². The topological polar surface area (TPSA) is 58.6 Å². The highest BCUT2D eigenvalue weighted by molar-refractivity contribution is 5.76. The highest BCUT2D eigenvalue weighted by Gasteiger charge is 2.11. The summed E-state index contributed by atoms with van der Waals surface area (Å²) in [6, 6.07) is 15.3. The lowest BCUT2D eigenvalue weighted by molar-refractivity contribution is -0.121. The Labute approximate surface area is 137 Å². The minimum absolute atomic E-state index is 0.0616. The maximum absolute atomic E-state index is 11.9. The van der Waals surface area contributed by atoms with E-state index < -0.39 is 6.10 Å². The van der Waals surface area contributed by atoms with Crippen molar-refractivity contribution < 1.29 is 14.6 Å². The summed E-state index contributed by atoms with van der Waals surface area (Å²) in [5, 5.41) is 13.0. The van der Waals surface area contributed by atoms with Gasteiger partial charge in [-0.05, 0) is 42.2 Å². The monoisotopic (exact) mass is 313 g/mol. The predicted molar refractivity (Wildman–Crippen MR) is 90.5 cm³/mol. The van der Waals surface area contributed by atoms with Gasteiger partial charge >= 0.3 is 0 Å². The van der Waals surface area contributed by atoms with Gasteiger partial charge in [0.2, 0.25) is 5.91 Å². The molecule has 0 aromatic heterocycles. The number of methoxy groups -OCH3 is 1. The molecule has 0 saturated heterocycles. The van der Waals surface area contributed by atoms with Crippen LogP contribution in [0.3, 0.4) is 0 Å². The summed E-state index contributed by atoms with van der Waals surface area (Å²) in [7, 11) is 1.63. The lowest BCUT2D eigenvalue weighted by atomic mass is 10.0. The van der Waals surface area contributed by atoms with Gasteiger partial charge in [0.1, 0.15) is 5.75 Å². The minimum atomic E-state index is -0.680. The Kier molecular flexibility index (Phi) is 6.18. The number of aryl methyl sites for hydroxylation is 2. The Morgan fingerprint density at radius 3 is 2.52 bits per heavy atom. The van der Waals surface area contributed by atoms with Crippen LogP contribution in [0.25, 0.3) is 0 Å². The quantitative estimate of drug-likeness (QED) is 0.826. The number of benzene rings is 2. The van der Waals surface area contributed by atoms with Gasteiger partial charge in [0, 0.05) is 13.0 Å². The fourth-order valence-corrected chi connectivity index (χ4v) is 2.42. The fraction of sp³-hybridized carbons (Fsp3) is 0.316. The van der Waals surface area contributed by atoms with Gasteiger partial charge in [-0.3, -0.25) is 4.79 Å². The lowest BCUT2D eigenvalue weighted by Crippen LogP contribution is -2.28. The van der Waals surface area contributed by atoms with Gasteiger partial charge in [0.05, 0.1) is 13.2 Å². The Morgan fingerprint density at radius 1 is 1.17 bits per heavy atom. The molecule has 1 unspecified atom stereocenters. The van der Waals surface area contributed by atoms with Crippen LogP contribution in [-0.2, 0) is 11.2 Å². The summed E-state index contributed by atoms with van der Waals surface area (Å²) < 4.78 is 5.10. The molecule has 0 bridgehead atoms. The molecule has 23 heavy (non-hydrogen) atoms. The van der Waals surface area contributed by atoms with E-state index in [-0.39, 0.29) is 12.5 Å². The molecule has 2 aromatic carbocycles. The van der Waals surface area contributed by atoms with Crippen molar-refractivity contribution >= 4 is 5.91 Å². The molecule has 0 radical (unpaired) electrons. The summed E-state index contributed by atoms with van der Waals surface area (Å²) in [4.78, 5) is 11.9. The van der Waals surface area contributed by atoms with Crippen molar-refractivity contribution in [1.82, 2.24) is 5.32 Å². The molecule has 1 atom stereocenters. The van der Waals surface area contributed by atoms with Gasteiger partial charge in [0.15, 0.2) is 0 Å². The van der Waals surface area contributed by atoms with Crippen LogP contribution in [0, 0.1) is 6.92 Å². The molecule has 2 rings (SSSR count). The molecular formula is C19H23NO3. The zero-order chi connectivity index (χ0) is 16.7. The van der Waals surface area contributed by atoms with Crippen LogP contribution in [0.1, 0.15) is 29.2 Å². The van der Waals surface area contributed by atoms with E-state index in [0.29, 0.717) is 12.8 Å². The summed E-state index contributed by atoms with van der Waals surface area (Å²) in [5.74, 6) is 0.744. The molecule has 122 valence electrons. The number of carbonyl (C=O) groups is 1. The van der Waals surface area contributed by atoms with Gasteiger partial charge in [0.25, 0.3) is 0 Å². The third kappa shape index (κ3) is 5.11. The highest BCUT2D eigenvalue weighted by atomic mass is 16.5. The molecule has 4 nitrogen and oxygen atoms in total. The van der Waals surface area contributed by atoms with E-state index in [4.69, 9.17) is 4.74 Å². The molecule has 2 aromatic rings. The van der Waals surface area contributed by atoms with Crippen molar-refractivity contribution in [2.45, 2.75) is 25.9 Å². The third-order valence-corrected chi connectivity index (χ3v) is 3.84. The molecule has 0 fully saturated rings. The second-order valence-corrected chi connectivity index (χ2v) is 5.52. The molecule has 0 spiro atoms. The predicted octanol–water partition coefficient (Wildman–Crippen LogP) is 2.79. The molecular weight excluding hydrogens is 290 g/mol. The van der Waals surface area contributed by atoms with Gasteiger partial charge in [-0.15, -0.1) is 0 Å². The smallest absolute Gasteiger partial charge is 0.220 e. The van der Waals surface area contributed by atoms with E-state index in [1.165, 1.54) is 0 Å². The van der Waals surface area contributed by atoms with E-state index in [0.717, 1.165) is 22.4 Å². The minimum Gasteiger partial charge on any atom is -0.497 e. The third-order valence-electron chi connectivity index (χ3n) is 3.84. The van der Waals surface area contributed by atoms with Crippen LogP contribution in [0.4, 0.5) is 0 Å². The zero-order valence-corrected chi connectivity index (χ0v) is 13.6. The van der Waals surface area contributed by atoms with E-state index in [9.17, 15) is 9.90 Å². The number of rotatable bonds is 7. The van der Waals surface area contributed by atoms with Crippen LogP contribution in [0.2, 0.25) is 0 Å². The number of aliphatic hydroxyl groups is 1. The molecule has 4 heteroatoms. The van der Waals surface area contributed by atoms with Crippen molar-refractivity contribution in [3.63, 3.8) is 0 Å². The van der Waals surface area contributed by atoms with E-state index in [1.54, 1.807) is 7.11 Å². The van der Waals surface area contributed by atoms with Gasteiger partial charge in [-0.25, -0.2) is 0 Å². The van der Waals surface area contributed by atoms with E-state index in [1.807, 2.05) is 55.5 Å². The zero-order valence-electron chi connectivity index (χ0n) is 13.6. The number of nitrogens with one attached hydrogen (secondary N) is 1. The number of amides is 1. The molecule has 1 amide bonds. The standard InChI is InChI=1S/C19H23NO3/c1-14-5-3-4-6-17(14)18(21)13-20-19(22)12-9-15-7-10-16(23-2)11-8-15/h3-8,10-11,18,21H,9,12-13H2,1-2H3,(H,20,22). The van der Waals surface area contributed by atoms with Crippen LogP contribution in [-0.4, -0.2) is 24.7 Å². The summed E-state index contributed by atoms with van der Waals surface area (Å²) in [6.07, 6.45) is 0.379. The van der Waals surface area contributed by atoms with Crippen molar-refractivity contribution in [3.05, 3.63) is 65.2 Å². The van der Waals surface area contributed by atoms with Gasteiger partial charge < -0.3 is 15.2 Å². The first kappa shape index (κ1) is 17.0. The molecule has 0 heterocycles. The number of aliphatic hydroxyl groups excluding tert-OH is 1. The average molecular weight is 313 g/mol. The Hall–Kier alpha value is -2.33. The summed E-state index contributed by atoms with van der Waals surface area (Å²) in [5.41, 5.74) is 2.95. The number of carbonyl (C=O) groups excluding carboxylic acids is 1. The average Bonchev–Trinajstić information content (AvgIpc) is 2.58. The normalized spacial score (nSPS) is 11.8. The molecule has 2 N–H and O–H groups in total. The Morgan fingerprint density at radius 2 is 1.87 bits per heavy atom. The molecule has 0 aliphatic rings. The van der Waals surface area contributed by atoms with Crippen molar-refractivity contribution in [2.75, 3.05) is 13.7 Å². The Bertz CT molecular complexity index is 637. The number of ether oxygens (including phenoxy) is 1. The maximum Gasteiger partial charge on any atom is 0.220 e. The fourth-order valence-electron chi connectivity index (χ4n) is 2.42. The van der Waals surface area contributed by atoms with Crippen molar-refractivity contribution in [2.24, 2.45) is 0 Å². The lowest BCUT2D eigenvalue weighted by Gasteiger charge is -2.14.